The number of hydrogen-bond donors (Lipinski definition) is 2. The molecule has 23 heavy (non-hydrogen) atoms. The summed E-state index contributed by atoms with van der Waals surface area (Å²) in [7, 11) is 0. The fourth-order valence-corrected chi connectivity index (χ4v) is 2.97. The first-order valence-electron chi connectivity index (χ1n) is 7.92. The van der Waals surface area contributed by atoms with E-state index in [4.69, 9.17) is 9.84 Å². The fraction of sp³-hybridized carbons (Fsp3) is 0.412. The van der Waals surface area contributed by atoms with E-state index >= 15 is 0 Å². The molecule has 6 heteroatoms. The second kappa shape index (κ2) is 7.28. The zero-order valence-electron chi connectivity index (χ0n) is 12.9. The molecule has 0 radical (unpaired) electrons. The summed E-state index contributed by atoms with van der Waals surface area (Å²) >= 11 is 0. The Morgan fingerprint density at radius 3 is 2.91 bits per heavy atom. The number of hydrazine groups is 1. The molecule has 1 aliphatic rings. The van der Waals surface area contributed by atoms with E-state index in [9.17, 15) is 4.79 Å². The number of carbonyl (C=O) groups is 1. The van der Waals surface area contributed by atoms with Crippen molar-refractivity contribution in [3.8, 4) is 5.75 Å². The van der Waals surface area contributed by atoms with Crippen LogP contribution in [0.2, 0.25) is 0 Å². The molecule has 1 aliphatic heterocycles. The largest absolute Gasteiger partial charge is 0.494 e. The van der Waals surface area contributed by atoms with Gasteiger partial charge in [0, 0.05) is 30.9 Å². The first kappa shape index (κ1) is 15.6. The van der Waals surface area contributed by atoms with Crippen molar-refractivity contribution in [3.63, 3.8) is 0 Å². The maximum absolute atomic E-state index is 10.6. The van der Waals surface area contributed by atoms with Crippen molar-refractivity contribution in [1.29, 1.82) is 0 Å². The summed E-state index contributed by atoms with van der Waals surface area (Å²) in [5.41, 5.74) is 2.41. The Bertz CT molecular complexity index is 669. The van der Waals surface area contributed by atoms with Crippen LogP contribution < -0.4 is 10.2 Å². The van der Waals surface area contributed by atoms with E-state index in [-0.39, 0.29) is 0 Å². The highest BCUT2D eigenvalue weighted by Gasteiger charge is 2.20. The molecule has 0 spiro atoms. The van der Waals surface area contributed by atoms with Crippen LogP contribution >= 0.6 is 0 Å². The lowest BCUT2D eigenvalue weighted by atomic mass is 9.95. The summed E-state index contributed by atoms with van der Waals surface area (Å²) in [6.45, 7) is 2.21. The van der Waals surface area contributed by atoms with E-state index in [1.165, 1.54) is 0 Å². The molecule has 2 N–H and O–H groups in total. The molecule has 3 rings (SSSR count). The Kier molecular flexibility index (Phi) is 4.92. The molecule has 2 aromatic rings. The van der Waals surface area contributed by atoms with E-state index in [0.29, 0.717) is 12.5 Å². The molecule has 0 unspecified atom stereocenters. The van der Waals surface area contributed by atoms with Crippen LogP contribution in [0.15, 0.2) is 36.7 Å². The lowest BCUT2D eigenvalue weighted by Gasteiger charge is -2.31. The molecule has 6 nitrogen and oxygen atoms in total. The molecule has 1 amide bonds. The quantitative estimate of drug-likeness (QED) is 0.887. The number of hydrogen-bond acceptors (Lipinski definition) is 4. The number of pyridine rings is 1. The maximum atomic E-state index is 10.6. The van der Waals surface area contributed by atoms with Gasteiger partial charge in [0.1, 0.15) is 5.75 Å². The predicted octanol–water partition coefficient (Wildman–Crippen LogP) is 2.90. The van der Waals surface area contributed by atoms with Crippen molar-refractivity contribution in [2.75, 3.05) is 19.7 Å². The average Bonchev–Trinajstić information content (AvgIpc) is 2.56. The molecule has 0 aliphatic carbocycles. The van der Waals surface area contributed by atoms with Crippen molar-refractivity contribution in [1.82, 2.24) is 15.4 Å². The predicted molar refractivity (Wildman–Crippen MR) is 87.3 cm³/mol. The van der Waals surface area contributed by atoms with Crippen LogP contribution in [-0.4, -0.2) is 40.9 Å². The van der Waals surface area contributed by atoms with Crippen molar-refractivity contribution >= 4 is 16.9 Å². The van der Waals surface area contributed by atoms with E-state index < -0.39 is 6.09 Å². The van der Waals surface area contributed by atoms with Gasteiger partial charge in [-0.05, 0) is 48.8 Å². The van der Waals surface area contributed by atoms with Gasteiger partial charge in [0.15, 0.2) is 0 Å². The second-order valence-corrected chi connectivity index (χ2v) is 5.87. The molecular weight excluding hydrogens is 294 g/mol. The topological polar surface area (TPSA) is 74.7 Å². The van der Waals surface area contributed by atoms with Gasteiger partial charge in [0.2, 0.25) is 0 Å². The minimum Gasteiger partial charge on any atom is -0.494 e. The number of nitrogens with one attached hydrogen (secondary N) is 1. The summed E-state index contributed by atoms with van der Waals surface area (Å²) in [6, 6.07) is 8.03. The number of carboxylic acid groups (broad SMARTS) is 1. The molecule has 0 bridgehead atoms. The van der Waals surface area contributed by atoms with Crippen molar-refractivity contribution in [2.24, 2.45) is 5.92 Å². The number of amides is 1. The maximum Gasteiger partial charge on any atom is 0.419 e. The summed E-state index contributed by atoms with van der Waals surface area (Å²) in [4.78, 5) is 14.7. The Morgan fingerprint density at radius 2 is 2.13 bits per heavy atom. The van der Waals surface area contributed by atoms with Gasteiger partial charge in [-0.1, -0.05) is 6.07 Å². The first-order chi connectivity index (χ1) is 11.2. The minimum atomic E-state index is -0.988. The Balaban J connectivity index is 1.43. The second-order valence-electron chi connectivity index (χ2n) is 5.87. The van der Waals surface area contributed by atoms with E-state index in [1.54, 1.807) is 11.2 Å². The molecule has 1 fully saturated rings. The molecule has 1 aromatic carbocycles. The van der Waals surface area contributed by atoms with E-state index in [2.05, 4.69) is 10.4 Å². The molecule has 2 heterocycles. The van der Waals surface area contributed by atoms with Crippen LogP contribution in [0.25, 0.3) is 10.8 Å². The molecule has 0 saturated carbocycles. The van der Waals surface area contributed by atoms with Crippen molar-refractivity contribution < 1.29 is 14.6 Å². The van der Waals surface area contributed by atoms with E-state index in [0.717, 1.165) is 48.9 Å². The van der Waals surface area contributed by atoms with Gasteiger partial charge in [0.05, 0.1) is 6.61 Å². The molecule has 1 aromatic heterocycles. The molecular formula is C17H21N3O3. The summed E-state index contributed by atoms with van der Waals surface area (Å²) < 4.78 is 5.86. The lowest BCUT2D eigenvalue weighted by Crippen LogP contribution is -2.46. The molecule has 122 valence electrons. The van der Waals surface area contributed by atoms with Crippen LogP contribution in [-0.2, 0) is 0 Å². The summed E-state index contributed by atoms with van der Waals surface area (Å²) in [6.07, 6.45) is 5.61. The Labute approximate surface area is 135 Å². The van der Waals surface area contributed by atoms with Gasteiger partial charge < -0.3 is 9.84 Å². The zero-order valence-corrected chi connectivity index (χ0v) is 12.9. The third-order valence-electron chi connectivity index (χ3n) is 4.28. The highest BCUT2D eigenvalue weighted by Crippen LogP contribution is 2.22. The fourth-order valence-electron chi connectivity index (χ4n) is 2.97. The van der Waals surface area contributed by atoms with Crippen molar-refractivity contribution in [2.45, 2.75) is 19.3 Å². The minimum absolute atomic E-state index is 0.587. The number of nitrogens with zero attached hydrogens (tertiary/aromatic N) is 2. The number of piperidine rings is 1. The SMILES string of the molecule is O=C(O)NN1CCC(CCOc2ccc3ccncc3c2)CC1. The van der Waals surface area contributed by atoms with Crippen LogP contribution in [0.4, 0.5) is 4.79 Å². The van der Waals surface area contributed by atoms with Crippen LogP contribution in [0.1, 0.15) is 19.3 Å². The van der Waals surface area contributed by atoms with Gasteiger partial charge in [-0.15, -0.1) is 0 Å². The monoisotopic (exact) mass is 315 g/mol. The highest BCUT2D eigenvalue weighted by molar-refractivity contribution is 5.82. The third kappa shape index (κ3) is 4.32. The number of rotatable bonds is 5. The van der Waals surface area contributed by atoms with Gasteiger partial charge in [-0.25, -0.2) is 9.80 Å². The number of ether oxygens (including phenoxy) is 1. The van der Waals surface area contributed by atoms with Gasteiger partial charge >= 0.3 is 6.09 Å². The normalized spacial score (nSPS) is 16.3. The first-order valence-corrected chi connectivity index (χ1v) is 7.92. The van der Waals surface area contributed by atoms with Crippen LogP contribution in [0.3, 0.4) is 0 Å². The standard InChI is InChI=1S/C17H21N3O3/c21-17(22)19-20-8-4-13(5-9-20)6-10-23-16-2-1-14-3-7-18-12-15(14)11-16/h1-3,7,11-13,19H,4-6,8-10H2,(H,21,22). The van der Waals surface area contributed by atoms with Crippen LogP contribution in [0.5, 0.6) is 5.75 Å². The molecule has 1 saturated heterocycles. The number of benzene rings is 1. The summed E-state index contributed by atoms with van der Waals surface area (Å²) in [5.74, 6) is 1.46. The van der Waals surface area contributed by atoms with Crippen molar-refractivity contribution in [3.05, 3.63) is 36.7 Å². The lowest BCUT2D eigenvalue weighted by molar-refractivity contribution is 0.101. The average molecular weight is 315 g/mol. The number of fused-ring (bicyclic) bond motifs is 1. The smallest absolute Gasteiger partial charge is 0.419 e. The molecule has 0 atom stereocenters. The number of aromatic nitrogens is 1. The third-order valence-corrected chi connectivity index (χ3v) is 4.28. The highest BCUT2D eigenvalue weighted by atomic mass is 16.5. The van der Waals surface area contributed by atoms with E-state index in [1.807, 2.05) is 30.5 Å². The van der Waals surface area contributed by atoms with Gasteiger partial charge in [0.25, 0.3) is 0 Å². The summed E-state index contributed by atoms with van der Waals surface area (Å²) in [5, 5.41) is 12.7. The van der Waals surface area contributed by atoms with Crippen LogP contribution in [0, 0.1) is 5.92 Å². The Hall–Kier alpha value is -2.34. The van der Waals surface area contributed by atoms with Gasteiger partial charge in [-0.2, -0.15) is 0 Å². The zero-order chi connectivity index (χ0) is 16.1. The van der Waals surface area contributed by atoms with Gasteiger partial charge in [-0.3, -0.25) is 10.4 Å². The Morgan fingerprint density at radius 1 is 1.30 bits per heavy atom.